The van der Waals surface area contributed by atoms with Gasteiger partial charge in [-0.15, -0.1) is 0 Å². The van der Waals surface area contributed by atoms with Crippen molar-refractivity contribution >= 4 is 0 Å². The highest BCUT2D eigenvalue weighted by Crippen LogP contribution is 2.69. The Hall–Kier alpha value is -0.240. The van der Waals surface area contributed by atoms with Crippen LogP contribution < -0.4 is 0 Å². The molecule has 6 nitrogen and oxygen atoms in total. The lowest BCUT2D eigenvalue weighted by Crippen LogP contribution is -2.63. The van der Waals surface area contributed by atoms with Crippen LogP contribution in [-0.2, 0) is 14.2 Å². The monoisotopic (exact) mass is 524 g/mol. The summed E-state index contributed by atoms with van der Waals surface area (Å²) in [7, 11) is 0. The Balaban J connectivity index is 1.66. The van der Waals surface area contributed by atoms with E-state index in [4.69, 9.17) is 14.2 Å². The smallest absolute Gasteiger partial charge is 0.0701 e. The molecule has 0 bridgehead atoms. The lowest BCUT2D eigenvalue weighted by molar-refractivity contribution is -0.229. The Morgan fingerprint density at radius 2 is 1.54 bits per heavy atom. The van der Waals surface area contributed by atoms with E-state index >= 15 is 0 Å². The van der Waals surface area contributed by atoms with Gasteiger partial charge in [-0.2, -0.15) is 0 Å². The number of hydrogen-bond acceptors (Lipinski definition) is 6. The van der Waals surface area contributed by atoms with Crippen molar-refractivity contribution in [1.29, 1.82) is 0 Å². The Labute approximate surface area is 225 Å². The van der Waals surface area contributed by atoms with Crippen LogP contribution in [0.4, 0.5) is 0 Å². The highest BCUT2D eigenvalue weighted by atomic mass is 16.5. The van der Waals surface area contributed by atoms with E-state index in [1.165, 1.54) is 32.1 Å². The minimum absolute atomic E-state index is 0.0684. The Morgan fingerprint density at radius 3 is 2.24 bits per heavy atom. The summed E-state index contributed by atoms with van der Waals surface area (Å²) in [5.41, 5.74) is 0.311. The highest BCUT2D eigenvalue weighted by Gasteiger charge is 2.66. The van der Waals surface area contributed by atoms with Gasteiger partial charge in [-0.25, -0.2) is 0 Å². The van der Waals surface area contributed by atoms with Crippen molar-refractivity contribution in [2.75, 3.05) is 39.6 Å². The van der Waals surface area contributed by atoms with Gasteiger partial charge in [0.2, 0.25) is 0 Å². The second-order valence-corrected chi connectivity index (χ2v) is 13.3. The molecule has 0 aromatic carbocycles. The first-order valence-electron chi connectivity index (χ1n) is 15.5. The maximum absolute atomic E-state index is 9.72. The van der Waals surface area contributed by atoms with Crippen LogP contribution in [-0.4, -0.2) is 73.3 Å². The molecule has 3 N–H and O–H groups in total. The van der Waals surface area contributed by atoms with Gasteiger partial charge in [0.25, 0.3) is 0 Å². The van der Waals surface area contributed by atoms with E-state index in [9.17, 15) is 15.3 Å². The summed E-state index contributed by atoms with van der Waals surface area (Å²) in [4.78, 5) is 0. The van der Waals surface area contributed by atoms with E-state index in [1.807, 2.05) is 0 Å². The van der Waals surface area contributed by atoms with E-state index in [0.29, 0.717) is 55.3 Å². The predicted octanol–water partition coefficient (Wildman–Crippen LogP) is 4.82. The molecular weight excluding hydrogens is 468 g/mol. The standard InChI is InChI=1S/C31H56O6/c1-5-6-7-21(2)24-8-9-25-29-26(20-28(31(24,25)4)37-17-14-34)30(3)11-10-23(35-15-12-32)18-22(30)19-27(29)36-16-13-33/h21-29,32-34H,5-20H2,1-4H3/t21-,22?,23-,24-,25+,26+,27?,28+,29?,30+,31-/m1/s1. The fourth-order valence-electron chi connectivity index (χ4n) is 9.98. The molecule has 0 amide bonds. The van der Waals surface area contributed by atoms with Crippen molar-refractivity contribution in [3.05, 3.63) is 0 Å². The predicted molar refractivity (Wildman–Crippen MR) is 145 cm³/mol. The maximum Gasteiger partial charge on any atom is 0.0701 e. The summed E-state index contributed by atoms with van der Waals surface area (Å²) >= 11 is 0. The topological polar surface area (TPSA) is 88.4 Å². The van der Waals surface area contributed by atoms with E-state index in [-0.39, 0.29) is 49.0 Å². The number of ether oxygens (including phenoxy) is 3. The lowest BCUT2D eigenvalue weighted by Gasteiger charge is -2.64. The summed E-state index contributed by atoms with van der Waals surface area (Å²) < 4.78 is 19.2. The average Bonchev–Trinajstić information content (AvgIpc) is 3.26. The van der Waals surface area contributed by atoms with Gasteiger partial charge in [-0.05, 0) is 85.9 Å². The van der Waals surface area contributed by atoms with Crippen LogP contribution in [0.1, 0.15) is 91.9 Å². The Morgan fingerprint density at radius 1 is 0.838 bits per heavy atom. The van der Waals surface area contributed by atoms with E-state index in [0.717, 1.165) is 32.1 Å². The molecule has 4 saturated carbocycles. The molecule has 0 aromatic rings. The normalized spacial score (nSPS) is 44.2. The van der Waals surface area contributed by atoms with Gasteiger partial charge in [0, 0.05) is 5.41 Å². The van der Waals surface area contributed by atoms with Crippen molar-refractivity contribution in [2.24, 2.45) is 46.3 Å². The molecule has 4 aliphatic rings. The second kappa shape index (κ2) is 13.0. The lowest BCUT2D eigenvalue weighted by atomic mass is 9.43. The van der Waals surface area contributed by atoms with Gasteiger partial charge in [-0.1, -0.05) is 47.0 Å². The first-order valence-corrected chi connectivity index (χ1v) is 15.5. The van der Waals surface area contributed by atoms with Crippen LogP contribution >= 0.6 is 0 Å². The van der Waals surface area contributed by atoms with Crippen LogP contribution in [0.5, 0.6) is 0 Å². The summed E-state index contributed by atoms with van der Waals surface area (Å²) in [6, 6.07) is 0. The molecule has 0 spiro atoms. The summed E-state index contributed by atoms with van der Waals surface area (Å²) in [5, 5.41) is 28.7. The molecule has 4 aliphatic carbocycles. The molecule has 216 valence electrons. The summed E-state index contributed by atoms with van der Waals surface area (Å²) in [6.07, 6.45) is 12.2. The molecule has 4 fully saturated rings. The molecule has 11 atom stereocenters. The number of unbranched alkanes of at least 4 members (excludes halogenated alkanes) is 1. The number of fused-ring (bicyclic) bond motifs is 5. The first kappa shape index (κ1) is 29.7. The molecule has 4 rings (SSSR count). The molecular formula is C31H56O6. The van der Waals surface area contributed by atoms with E-state index in [1.54, 1.807) is 0 Å². The minimum atomic E-state index is 0.0684. The largest absolute Gasteiger partial charge is 0.394 e. The average molecular weight is 525 g/mol. The van der Waals surface area contributed by atoms with Crippen molar-refractivity contribution in [1.82, 2.24) is 0 Å². The summed E-state index contributed by atoms with van der Waals surface area (Å²) in [6.45, 7) is 11.3. The van der Waals surface area contributed by atoms with Crippen LogP contribution in [0.3, 0.4) is 0 Å². The van der Waals surface area contributed by atoms with Gasteiger partial charge in [-0.3, -0.25) is 0 Å². The van der Waals surface area contributed by atoms with Crippen molar-refractivity contribution < 1.29 is 29.5 Å². The van der Waals surface area contributed by atoms with Gasteiger partial charge in [0.1, 0.15) is 0 Å². The van der Waals surface area contributed by atoms with Crippen molar-refractivity contribution in [3.8, 4) is 0 Å². The van der Waals surface area contributed by atoms with Crippen molar-refractivity contribution in [2.45, 2.75) is 110 Å². The Kier molecular flexibility index (Phi) is 10.4. The zero-order chi connectivity index (χ0) is 26.6. The molecule has 0 aliphatic heterocycles. The molecule has 37 heavy (non-hydrogen) atoms. The number of aliphatic hydroxyl groups is 3. The van der Waals surface area contributed by atoms with Crippen LogP contribution in [0.25, 0.3) is 0 Å². The van der Waals surface area contributed by atoms with Gasteiger partial charge in [0.15, 0.2) is 0 Å². The molecule has 6 heteroatoms. The van der Waals surface area contributed by atoms with E-state index in [2.05, 4.69) is 27.7 Å². The van der Waals surface area contributed by atoms with Gasteiger partial charge in [0.05, 0.1) is 58.0 Å². The summed E-state index contributed by atoms with van der Waals surface area (Å²) in [5.74, 6) is 3.38. The van der Waals surface area contributed by atoms with Gasteiger partial charge >= 0.3 is 0 Å². The SMILES string of the molecule is CCCC[C@@H](C)[C@H]1CC[C@H]2C3C(OCCO)CC4C[C@H](OCCO)CC[C@]4(C)[C@H]3C[C@H](OCCO)[C@]12C. The second-order valence-electron chi connectivity index (χ2n) is 13.3. The third kappa shape index (κ3) is 5.67. The quantitative estimate of drug-likeness (QED) is 0.320. The number of hydrogen-bond donors (Lipinski definition) is 3. The molecule has 0 aromatic heterocycles. The number of rotatable bonds is 13. The van der Waals surface area contributed by atoms with Crippen LogP contribution in [0.15, 0.2) is 0 Å². The molecule has 0 saturated heterocycles. The fourth-order valence-corrected chi connectivity index (χ4v) is 9.98. The van der Waals surface area contributed by atoms with E-state index < -0.39 is 0 Å². The molecule has 3 unspecified atom stereocenters. The van der Waals surface area contributed by atoms with Gasteiger partial charge < -0.3 is 29.5 Å². The zero-order valence-corrected chi connectivity index (χ0v) is 24.1. The molecule has 0 heterocycles. The third-order valence-electron chi connectivity index (χ3n) is 11.7. The van der Waals surface area contributed by atoms with Crippen LogP contribution in [0.2, 0.25) is 0 Å². The fraction of sp³-hybridized carbons (Fsp3) is 1.00. The van der Waals surface area contributed by atoms with Crippen molar-refractivity contribution in [3.63, 3.8) is 0 Å². The third-order valence-corrected chi connectivity index (χ3v) is 11.7. The first-order chi connectivity index (χ1) is 17.8. The molecule has 0 radical (unpaired) electrons. The van der Waals surface area contributed by atoms with Crippen LogP contribution in [0, 0.1) is 46.3 Å². The zero-order valence-electron chi connectivity index (χ0n) is 24.1. The Bertz CT molecular complexity index is 703. The maximum atomic E-state index is 9.72. The minimum Gasteiger partial charge on any atom is -0.394 e. The number of aliphatic hydroxyl groups excluding tert-OH is 3. The highest BCUT2D eigenvalue weighted by molar-refractivity contribution is 5.15.